The first-order valence-corrected chi connectivity index (χ1v) is 5.64. The number of hydrogen-bond acceptors (Lipinski definition) is 1. The fraction of sp³-hybridized carbons (Fsp3) is 0.455. The third-order valence-corrected chi connectivity index (χ3v) is 3.12. The van der Waals surface area contributed by atoms with Crippen LogP contribution in [0, 0.1) is 0 Å². The van der Waals surface area contributed by atoms with Crippen molar-refractivity contribution in [3.8, 4) is 0 Å². The molecule has 2 rings (SSSR count). The van der Waals surface area contributed by atoms with E-state index in [0.717, 1.165) is 12.5 Å². The monoisotopic (exact) mass is 239 g/mol. The van der Waals surface area contributed by atoms with Gasteiger partial charge in [0.1, 0.15) is 0 Å². The Morgan fingerprint density at radius 2 is 2.38 bits per heavy atom. The molecule has 0 radical (unpaired) electrons. The van der Waals surface area contributed by atoms with Gasteiger partial charge < -0.3 is 5.32 Å². The first kappa shape index (κ1) is 9.07. The summed E-state index contributed by atoms with van der Waals surface area (Å²) in [6.07, 6.45) is 2.55. The van der Waals surface area contributed by atoms with Gasteiger partial charge >= 0.3 is 0 Å². The van der Waals surface area contributed by atoms with Gasteiger partial charge in [0.25, 0.3) is 0 Å². The molecular weight excluding hydrogens is 226 g/mol. The molecule has 1 aliphatic heterocycles. The van der Waals surface area contributed by atoms with Crippen molar-refractivity contribution in [1.82, 2.24) is 0 Å². The Bertz CT molecular complexity index is 307. The lowest BCUT2D eigenvalue weighted by Gasteiger charge is -2.07. The van der Waals surface area contributed by atoms with Crippen LogP contribution in [-0.2, 0) is 0 Å². The molecule has 1 aliphatic rings. The molecule has 0 aromatic heterocycles. The highest BCUT2D eigenvalue weighted by atomic mass is 79.9. The van der Waals surface area contributed by atoms with Gasteiger partial charge in [-0.2, -0.15) is 0 Å². The highest BCUT2D eigenvalue weighted by Gasteiger charge is 2.20. The van der Waals surface area contributed by atoms with Gasteiger partial charge in [-0.05, 0) is 30.2 Å². The molecule has 0 spiro atoms. The predicted octanol–water partition coefficient (Wildman–Crippen LogP) is 3.76. The summed E-state index contributed by atoms with van der Waals surface area (Å²) in [6.45, 7) is 3.36. The lowest BCUT2D eigenvalue weighted by atomic mass is 9.97. The standard InChI is InChI=1S/C11H14BrN/c1-2-3-8-7-13-11-5-4-9(12)6-10(8)11/h4-6,8,13H,2-3,7H2,1H3/t8-/m1/s1. The maximum Gasteiger partial charge on any atom is 0.0377 e. The van der Waals surface area contributed by atoms with Crippen LogP contribution in [0.4, 0.5) is 5.69 Å². The van der Waals surface area contributed by atoms with E-state index >= 15 is 0 Å². The number of rotatable bonds is 2. The third-order valence-electron chi connectivity index (χ3n) is 2.63. The van der Waals surface area contributed by atoms with Crippen molar-refractivity contribution in [2.45, 2.75) is 25.7 Å². The molecule has 1 heterocycles. The third kappa shape index (κ3) is 1.73. The first-order chi connectivity index (χ1) is 6.31. The van der Waals surface area contributed by atoms with E-state index in [0.29, 0.717) is 0 Å². The van der Waals surface area contributed by atoms with Crippen molar-refractivity contribution < 1.29 is 0 Å². The van der Waals surface area contributed by atoms with Gasteiger partial charge in [-0.25, -0.2) is 0 Å². The van der Waals surface area contributed by atoms with Crippen molar-refractivity contribution >= 4 is 21.6 Å². The Kier molecular flexibility index (Phi) is 2.58. The zero-order chi connectivity index (χ0) is 9.26. The van der Waals surface area contributed by atoms with Crippen LogP contribution < -0.4 is 5.32 Å². The number of nitrogens with one attached hydrogen (secondary N) is 1. The second-order valence-corrected chi connectivity index (χ2v) is 4.51. The zero-order valence-electron chi connectivity index (χ0n) is 7.81. The van der Waals surface area contributed by atoms with E-state index < -0.39 is 0 Å². The summed E-state index contributed by atoms with van der Waals surface area (Å²) in [5.41, 5.74) is 2.80. The number of fused-ring (bicyclic) bond motifs is 1. The van der Waals surface area contributed by atoms with E-state index in [1.165, 1.54) is 28.6 Å². The van der Waals surface area contributed by atoms with Gasteiger partial charge in [-0.1, -0.05) is 29.3 Å². The van der Waals surface area contributed by atoms with Crippen LogP contribution in [0.1, 0.15) is 31.2 Å². The Morgan fingerprint density at radius 3 is 3.15 bits per heavy atom. The van der Waals surface area contributed by atoms with E-state index in [2.05, 4.69) is 46.4 Å². The molecule has 0 fully saturated rings. The highest BCUT2D eigenvalue weighted by Crippen LogP contribution is 2.35. The molecule has 0 aliphatic carbocycles. The van der Waals surface area contributed by atoms with Crippen LogP contribution in [0.3, 0.4) is 0 Å². The van der Waals surface area contributed by atoms with Crippen molar-refractivity contribution in [2.24, 2.45) is 0 Å². The average Bonchev–Trinajstić information content (AvgIpc) is 2.49. The fourth-order valence-corrected chi connectivity index (χ4v) is 2.36. The molecular formula is C11H14BrN. The molecule has 0 saturated heterocycles. The van der Waals surface area contributed by atoms with E-state index in [4.69, 9.17) is 0 Å². The molecule has 1 aromatic carbocycles. The maximum atomic E-state index is 3.52. The maximum absolute atomic E-state index is 3.52. The summed E-state index contributed by atoms with van der Waals surface area (Å²) in [6, 6.07) is 6.50. The summed E-state index contributed by atoms with van der Waals surface area (Å²) in [5.74, 6) is 0.720. The van der Waals surface area contributed by atoms with Crippen LogP contribution in [0.5, 0.6) is 0 Å². The molecule has 1 aromatic rings. The van der Waals surface area contributed by atoms with Crippen LogP contribution in [0.2, 0.25) is 0 Å². The normalized spacial score (nSPS) is 19.7. The topological polar surface area (TPSA) is 12.0 Å². The van der Waals surface area contributed by atoms with E-state index in [1.807, 2.05) is 0 Å². The summed E-state index contributed by atoms with van der Waals surface area (Å²) in [4.78, 5) is 0. The molecule has 1 N–H and O–H groups in total. The second-order valence-electron chi connectivity index (χ2n) is 3.60. The number of benzene rings is 1. The largest absolute Gasteiger partial charge is 0.384 e. The van der Waals surface area contributed by atoms with E-state index in [1.54, 1.807) is 0 Å². The zero-order valence-corrected chi connectivity index (χ0v) is 9.39. The van der Waals surface area contributed by atoms with Crippen molar-refractivity contribution in [3.63, 3.8) is 0 Å². The molecule has 2 heteroatoms. The van der Waals surface area contributed by atoms with Gasteiger partial charge in [0.05, 0.1) is 0 Å². The van der Waals surface area contributed by atoms with Gasteiger partial charge in [0.15, 0.2) is 0 Å². The summed E-state index contributed by atoms with van der Waals surface area (Å²) in [7, 11) is 0. The van der Waals surface area contributed by atoms with Crippen LogP contribution in [0.15, 0.2) is 22.7 Å². The number of anilines is 1. The minimum atomic E-state index is 0.720. The van der Waals surface area contributed by atoms with Gasteiger partial charge in [0.2, 0.25) is 0 Å². The minimum absolute atomic E-state index is 0.720. The summed E-state index contributed by atoms with van der Waals surface area (Å²) < 4.78 is 1.19. The predicted molar refractivity (Wildman–Crippen MR) is 60.3 cm³/mol. The number of hydrogen-bond donors (Lipinski definition) is 1. The minimum Gasteiger partial charge on any atom is -0.384 e. The molecule has 0 amide bonds. The SMILES string of the molecule is CCC[C@@H]1CNc2ccc(Br)cc21. The van der Waals surface area contributed by atoms with Gasteiger partial charge in [-0.15, -0.1) is 0 Å². The van der Waals surface area contributed by atoms with E-state index in [9.17, 15) is 0 Å². The molecule has 0 saturated carbocycles. The number of halogens is 1. The Balaban J connectivity index is 2.29. The lowest BCUT2D eigenvalue weighted by molar-refractivity contribution is 0.661. The Hall–Kier alpha value is -0.500. The lowest BCUT2D eigenvalue weighted by Crippen LogP contribution is -2.00. The molecule has 1 atom stereocenters. The average molecular weight is 240 g/mol. The van der Waals surface area contributed by atoms with Gasteiger partial charge in [-0.3, -0.25) is 0 Å². The first-order valence-electron chi connectivity index (χ1n) is 4.84. The van der Waals surface area contributed by atoms with Crippen LogP contribution in [-0.4, -0.2) is 6.54 Å². The Morgan fingerprint density at radius 1 is 1.54 bits per heavy atom. The summed E-state index contributed by atoms with van der Waals surface area (Å²) in [5, 5.41) is 3.44. The summed E-state index contributed by atoms with van der Waals surface area (Å²) >= 11 is 3.52. The molecule has 1 nitrogen and oxygen atoms in total. The van der Waals surface area contributed by atoms with Crippen molar-refractivity contribution in [1.29, 1.82) is 0 Å². The quantitative estimate of drug-likeness (QED) is 0.829. The van der Waals surface area contributed by atoms with E-state index in [-0.39, 0.29) is 0 Å². The highest BCUT2D eigenvalue weighted by molar-refractivity contribution is 9.10. The smallest absolute Gasteiger partial charge is 0.0377 e. The fourth-order valence-electron chi connectivity index (χ4n) is 1.98. The van der Waals surface area contributed by atoms with Crippen molar-refractivity contribution in [3.05, 3.63) is 28.2 Å². The molecule has 0 unspecified atom stereocenters. The van der Waals surface area contributed by atoms with Crippen LogP contribution >= 0.6 is 15.9 Å². The second kappa shape index (κ2) is 3.70. The molecule has 0 bridgehead atoms. The molecule has 70 valence electrons. The van der Waals surface area contributed by atoms with Crippen LogP contribution in [0.25, 0.3) is 0 Å². The van der Waals surface area contributed by atoms with Crippen molar-refractivity contribution in [2.75, 3.05) is 11.9 Å². The molecule has 13 heavy (non-hydrogen) atoms. The van der Waals surface area contributed by atoms with Gasteiger partial charge in [0, 0.05) is 22.6 Å². The Labute approximate surface area is 87.7 Å².